The third kappa shape index (κ3) is 3.85. The summed E-state index contributed by atoms with van der Waals surface area (Å²) in [4.78, 5) is 21.0. The fraction of sp³-hybridized carbons (Fsp3) is 0.556. The van der Waals surface area contributed by atoms with Crippen LogP contribution in [0.15, 0.2) is 12.2 Å². The maximum atomic E-state index is 11.1. The highest BCUT2D eigenvalue weighted by atomic mass is 16.2. The minimum absolute atomic E-state index is 0.228. The van der Waals surface area contributed by atoms with E-state index in [0.29, 0.717) is 6.29 Å². The quantitative estimate of drug-likeness (QED) is 0.503. The zero-order chi connectivity index (χ0) is 9.52. The van der Waals surface area contributed by atoms with E-state index >= 15 is 0 Å². The van der Waals surface area contributed by atoms with Gasteiger partial charge in [0.25, 0.3) is 5.91 Å². The Morgan fingerprint density at radius 2 is 1.92 bits per heavy atom. The van der Waals surface area contributed by atoms with Gasteiger partial charge in [0.05, 0.1) is 0 Å². The largest absolute Gasteiger partial charge is 0.299 e. The Bertz CT molecular complexity index is 208. The van der Waals surface area contributed by atoms with Gasteiger partial charge >= 0.3 is 0 Å². The number of hydrogen-bond acceptors (Lipinski definition) is 3. The van der Waals surface area contributed by atoms with Crippen molar-refractivity contribution >= 4 is 12.2 Å². The predicted octanol–water partition coefficient (Wildman–Crippen LogP) is 0.259. The van der Waals surface area contributed by atoms with Crippen LogP contribution in [-0.4, -0.2) is 30.3 Å². The van der Waals surface area contributed by atoms with Gasteiger partial charge in [-0.3, -0.25) is 15.0 Å². The van der Waals surface area contributed by atoms with Crippen molar-refractivity contribution in [3.63, 3.8) is 0 Å². The second-order valence-corrected chi connectivity index (χ2v) is 3.02. The van der Waals surface area contributed by atoms with E-state index in [1.54, 1.807) is 0 Å². The minimum Gasteiger partial charge on any atom is -0.299 e. The normalized spacial score (nSPS) is 18.8. The lowest BCUT2D eigenvalue weighted by Crippen LogP contribution is -2.44. The van der Waals surface area contributed by atoms with Crippen LogP contribution in [0.3, 0.4) is 0 Å². The molecule has 4 nitrogen and oxygen atoms in total. The van der Waals surface area contributed by atoms with Crippen LogP contribution in [0.1, 0.15) is 19.3 Å². The molecular weight excluding hydrogens is 168 g/mol. The molecule has 0 aromatic heterocycles. The molecular formula is C9H14N2O2. The Morgan fingerprint density at radius 3 is 2.54 bits per heavy atom. The van der Waals surface area contributed by atoms with Crippen LogP contribution in [0.4, 0.5) is 0 Å². The first-order valence-electron chi connectivity index (χ1n) is 4.50. The maximum absolute atomic E-state index is 11.1. The van der Waals surface area contributed by atoms with E-state index in [-0.39, 0.29) is 5.91 Å². The molecule has 0 saturated carbocycles. The smallest absolute Gasteiger partial charge is 0.258 e. The number of hydrazine groups is 1. The number of nitrogens with zero attached hydrogens (tertiary/aromatic N) is 1. The molecule has 1 aliphatic heterocycles. The molecule has 1 fully saturated rings. The monoisotopic (exact) mass is 182 g/mol. The molecule has 1 amide bonds. The SMILES string of the molecule is O=C/C=C\C(=O)NN1CCCCC1. The van der Waals surface area contributed by atoms with Gasteiger partial charge in [0.2, 0.25) is 0 Å². The Hall–Kier alpha value is -1.16. The molecule has 1 aliphatic rings. The summed E-state index contributed by atoms with van der Waals surface area (Å²) in [6.07, 6.45) is 6.50. The molecule has 0 aromatic carbocycles. The van der Waals surface area contributed by atoms with Gasteiger partial charge in [-0.15, -0.1) is 0 Å². The van der Waals surface area contributed by atoms with Crippen molar-refractivity contribution in [1.29, 1.82) is 0 Å². The summed E-state index contributed by atoms with van der Waals surface area (Å²) in [5.74, 6) is -0.228. The molecule has 1 N–H and O–H groups in total. The third-order valence-corrected chi connectivity index (χ3v) is 1.95. The summed E-state index contributed by atoms with van der Waals surface area (Å²) in [5.41, 5.74) is 2.70. The number of hydrogen-bond donors (Lipinski definition) is 1. The Balaban J connectivity index is 2.25. The minimum atomic E-state index is -0.228. The molecule has 0 radical (unpaired) electrons. The third-order valence-electron chi connectivity index (χ3n) is 1.95. The molecule has 0 atom stereocenters. The maximum Gasteiger partial charge on any atom is 0.258 e. The highest BCUT2D eigenvalue weighted by Crippen LogP contribution is 2.05. The number of nitrogens with one attached hydrogen (secondary N) is 1. The second kappa shape index (κ2) is 5.48. The highest BCUT2D eigenvalue weighted by molar-refractivity contribution is 5.90. The van der Waals surface area contributed by atoms with E-state index < -0.39 is 0 Å². The van der Waals surface area contributed by atoms with Gasteiger partial charge in [-0.1, -0.05) is 6.42 Å². The number of allylic oxidation sites excluding steroid dienone is 1. The van der Waals surface area contributed by atoms with E-state index in [9.17, 15) is 9.59 Å². The average molecular weight is 182 g/mol. The molecule has 0 unspecified atom stereocenters. The van der Waals surface area contributed by atoms with Gasteiger partial charge in [-0.05, 0) is 18.9 Å². The van der Waals surface area contributed by atoms with Crippen LogP contribution in [0.2, 0.25) is 0 Å². The number of amides is 1. The van der Waals surface area contributed by atoms with Crippen molar-refractivity contribution in [2.45, 2.75) is 19.3 Å². The Kier molecular flexibility index (Phi) is 4.18. The van der Waals surface area contributed by atoms with Gasteiger partial charge in [0.15, 0.2) is 0 Å². The van der Waals surface area contributed by atoms with Gasteiger partial charge in [-0.2, -0.15) is 0 Å². The van der Waals surface area contributed by atoms with Gasteiger partial charge in [0.1, 0.15) is 6.29 Å². The van der Waals surface area contributed by atoms with E-state index in [0.717, 1.165) is 25.9 Å². The summed E-state index contributed by atoms with van der Waals surface area (Å²) in [5, 5.41) is 1.89. The Morgan fingerprint density at radius 1 is 1.23 bits per heavy atom. The molecule has 0 aromatic rings. The summed E-state index contributed by atoms with van der Waals surface area (Å²) in [6, 6.07) is 0. The topological polar surface area (TPSA) is 49.4 Å². The lowest BCUT2D eigenvalue weighted by Gasteiger charge is -2.26. The summed E-state index contributed by atoms with van der Waals surface area (Å²) < 4.78 is 0. The van der Waals surface area contributed by atoms with Crippen molar-refractivity contribution in [3.05, 3.63) is 12.2 Å². The van der Waals surface area contributed by atoms with Crippen molar-refractivity contribution in [3.8, 4) is 0 Å². The van der Waals surface area contributed by atoms with Gasteiger partial charge in [0, 0.05) is 19.2 Å². The average Bonchev–Trinajstić information content (AvgIpc) is 2.16. The van der Waals surface area contributed by atoms with Gasteiger partial charge < -0.3 is 0 Å². The molecule has 0 spiro atoms. The number of aldehydes is 1. The molecule has 1 rings (SSSR count). The molecule has 0 bridgehead atoms. The van der Waals surface area contributed by atoms with Crippen molar-refractivity contribution in [2.24, 2.45) is 0 Å². The van der Waals surface area contributed by atoms with Crippen LogP contribution in [-0.2, 0) is 9.59 Å². The summed E-state index contributed by atoms with van der Waals surface area (Å²) in [6.45, 7) is 1.81. The van der Waals surface area contributed by atoms with Crippen LogP contribution in [0.25, 0.3) is 0 Å². The fourth-order valence-electron chi connectivity index (χ4n) is 1.33. The van der Waals surface area contributed by atoms with E-state index in [4.69, 9.17) is 0 Å². The highest BCUT2D eigenvalue weighted by Gasteiger charge is 2.10. The Labute approximate surface area is 77.6 Å². The molecule has 13 heavy (non-hydrogen) atoms. The van der Waals surface area contributed by atoms with E-state index in [1.165, 1.54) is 18.6 Å². The predicted molar refractivity (Wildman–Crippen MR) is 48.8 cm³/mol. The molecule has 0 aliphatic carbocycles. The van der Waals surface area contributed by atoms with Crippen LogP contribution in [0, 0.1) is 0 Å². The molecule has 1 heterocycles. The second-order valence-electron chi connectivity index (χ2n) is 3.02. The lowest BCUT2D eigenvalue weighted by atomic mass is 10.2. The molecule has 72 valence electrons. The van der Waals surface area contributed by atoms with Crippen molar-refractivity contribution in [1.82, 2.24) is 10.4 Å². The first-order chi connectivity index (χ1) is 6.33. The lowest BCUT2D eigenvalue weighted by molar-refractivity contribution is -0.121. The molecule has 4 heteroatoms. The van der Waals surface area contributed by atoms with Crippen LogP contribution in [0.5, 0.6) is 0 Å². The number of carbonyl (C=O) groups is 2. The number of carbonyl (C=O) groups excluding carboxylic acids is 2. The van der Waals surface area contributed by atoms with E-state index in [1.807, 2.05) is 5.01 Å². The van der Waals surface area contributed by atoms with Crippen LogP contribution >= 0.6 is 0 Å². The van der Waals surface area contributed by atoms with Crippen LogP contribution < -0.4 is 5.43 Å². The number of piperidine rings is 1. The molecule has 1 saturated heterocycles. The standard InChI is InChI=1S/C9H14N2O2/c12-8-4-5-9(13)10-11-6-2-1-3-7-11/h4-5,8H,1-3,6-7H2,(H,10,13)/b5-4-. The fourth-order valence-corrected chi connectivity index (χ4v) is 1.33. The van der Waals surface area contributed by atoms with E-state index in [2.05, 4.69) is 5.43 Å². The zero-order valence-corrected chi connectivity index (χ0v) is 7.53. The van der Waals surface area contributed by atoms with Gasteiger partial charge in [-0.25, -0.2) is 5.01 Å². The number of rotatable bonds is 3. The van der Waals surface area contributed by atoms with Crippen molar-refractivity contribution < 1.29 is 9.59 Å². The summed E-state index contributed by atoms with van der Waals surface area (Å²) >= 11 is 0. The van der Waals surface area contributed by atoms with Crippen molar-refractivity contribution in [2.75, 3.05) is 13.1 Å². The summed E-state index contributed by atoms with van der Waals surface area (Å²) in [7, 11) is 0. The first-order valence-corrected chi connectivity index (χ1v) is 4.50. The first kappa shape index (κ1) is 9.92. The zero-order valence-electron chi connectivity index (χ0n) is 7.53.